The van der Waals surface area contributed by atoms with Crippen molar-refractivity contribution in [3.63, 3.8) is 0 Å². The minimum atomic E-state index is -0.829. The van der Waals surface area contributed by atoms with E-state index >= 15 is 0 Å². The molecule has 1 aromatic heterocycles. The van der Waals surface area contributed by atoms with E-state index in [-0.39, 0.29) is 41.5 Å². The van der Waals surface area contributed by atoms with Crippen molar-refractivity contribution < 1.29 is 13.9 Å². The molecule has 0 fully saturated rings. The zero-order chi connectivity index (χ0) is 21.3. The Balaban J connectivity index is 1.97. The summed E-state index contributed by atoms with van der Waals surface area (Å²) in [6.07, 6.45) is 0. The number of nitrogens with two attached hydrogens (primary N) is 2. The maximum absolute atomic E-state index is 13.8. The molecule has 1 aliphatic heterocycles. The van der Waals surface area contributed by atoms with Gasteiger partial charge in [0.15, 0.2) is 5.82 Å². The number of nitrogen functional groups attached to an aromatic ring is 1. The van der Waals surface area contributed by atoms with Gasteiger partial charge in [-0.1, -0.05) is 18.2 Å². The SMILES string of the molecule is COC(=NCc1ccccc1F)C(C)=C(N)c1nc(N)c2c(n1)NC(=O)C2(C)C. The molecule has 2 aromatic rings. The molecule has 1 amide bonds. The van der Waals surface area contributed by atoms with Gasteiger partial charge in [-0.05, 0) is 26.8 Å². The van der Waals surface area contributed by atoms with Crippen LogP contribution in [-0.4, -0.2) is 28.9 Å². The van der Waals surface area contributed by atoms with Gasteiger partial charge < -0.3 is 21.5 Å². The molecular formula is C20H23FN6O2. The number of anilines is 2. The second-order valence-corrected chi connectivity index (χ2v) is 7.19. The molecular weight excluding hydrogens is 375 g/mol. The Hall–Kier alpha value is -3.49. The number of fused-ring (bicyclic) bond motifs is 1. The van der Waals surface area contributed by atoms with Crippen LogP contribution in [0.4, 0.5) is 16.0 Å². The second kappa shape index (κ2) is 7.50. The molecule has 2 heterocycles. The molecule has 152 valence electrons. The number of amides is 1. The summed E-state index contributed by atoms with van der Waals surface area (Å²) in [4.78, 5) is 25.1. The molecule has 29 heavy (non-hydrogen) atoms. The van der Waals surface area contributed by atoms with Gasteiger partial charge in [-0.2, -0.15) is 0 Å². The summed E-state index contributed by atoms with van der Waals surface area (Å²) < 4.78 is 19.1. The lowest BCUT2D eigenvalue weighted by Crippen LogP contribution is -2.27. The third kappa shape index (κ3) is 3.63. The highest BCUT2D eigenvalue weighted by Crippen LogP contribution is 2.39. The molecule has 5 N–H and O–H groups in total. The van der Waals surface area contributed by atoms with Crippen molar-refractivity contribution in [3.8, 4) is 0 Å². The normalized spacial score (nSPS) is 16.2. The van der Waals surface area contributed by atoms with Crippen LogP contribution < -0.4 is 16.8 Å². The molecule has 0 saturated carbocycles. The molecule has 1 aliphatic rings. The minimum Gasteiger partial charge on any atom is -0.481 e. The number of hydrogen-bond acceptors (Lipinski definition) is 7. The van der Waals surface area contributed by atoms with Crippen molar-refractivity contribution in [3.05, 3.63) is 52.6 Å². The van der Waals surface area contributed by atoms with Crippen LogP contribution in [0.3, 0.4) is 0 Å². The maximum atomic E-state index is 13.8. The van der Waals surface area contributed by atoms with E-state index in [2.05, 4.69) is 20.3 Å². The van der Waals surface area contributed by atoms with Crippen LogP contribution in [0.1, 0.15) is 37.7 Å². The number of hydrogen-bond donors (Lipinski definition) is 3. The molecule has 0 unspecified atom stereocenters. The van der Waals surface area contributed by atoms with Crippen molar-refractivity contribution in [1.82, 2.24) is 9.97 Å². The molecule has 3 rings (SSSR count). The van der Waals surface area contributed by atoms with Crippen molar-refractivity contribution in [2.45, 2.75) is 32.7 Å². The first kappa shape index (κ1) is 20.2. The third-order valence-electron chi connectivity index (χ3n) is 4.87. The summed E-state index contributed by atoms with van der Waals surface area (Å²) in [5.41, 5.74) is 13.1. The van der Waals surface area contributed by atoms with Crippen LogP contribution >= 0.6 is 0 Å². The van der Waals surface area contributed by atoms with E-state index in [1.54, 1.807) is 39.0 Å². The van der Waals surface area contributed by atoms with E-state index in [9.17, 15) is 9.18 Å². The molecule has 0 atom stereocenters. The van der Waals surface area contributed by atoms with Gasteiger partial charge in [-0.3, -0.25) is 4.79 Å². The van der Waals surface area contributed by atoms with Crippen molar-refractivity contribution in [1.29, 1.82) is 0 Å². The number of carbonyl (C=O) groups is 1. The highest BCUT2D eigenvalue weighted by atomic mass is 19.1. The van der Waals surface area contributed by atoms with Gasteiger partial charge >= 0.3 is 0 Å². The van der Waals surface area contributed by atoms with Crippen molar-refractivity contribution >= 4 is 29.1 Å². The average molecular weight is 398 g/mol. The fourth-order valence-electron chi connectivity index (χ4n) is 3.09. The monoisotopic (exact) mass is 398 g/mol. The van der Waals surface area contributed by atoms with Gasteiger partial charge in [-0.25, -0.2) is 19.4 Å². The Morgan fingerprint density at radius 3 is 2.66 bits per heavy atom. The number of benzene rings is 1. The molecule has 9 heteroatoms. The summed E-state index contributed by atoms with van der Waals surface area (Å²) in [6, 6.07) is 6.35. The zero-order valence-corrected chi connectivity index (χ0v) is 16.7. The summed E-state index contributed by atoms with van der Waals surface area (Å²) in [5, 5.41) is 2.71. The number of rotatable bonds is 4. The maximum Gasteiger partial charge on any atom is 0.235 e. The molecule has 0 bridgehead atoms. The summed E-state index contributed by atoms with van der Waals surface area (Å²) in [5.74, 6) is 0.306. The largest absolute Gasteiger partial charge is 0.481 e. The first-order valence-corrected chi connectivity index (χ1v) is 8.95. The van der Waals surface area contributed by atoms with Crippen LogP contribution in [-0.2, 0) is 21.5 Å². The average Bonchev–Trinajstić information content (AvgIpc) is 2.91. The van der Waals surface area contributed by atoms with Crippen LogP contribution in [0.15, 0.2) is 34.8 Å². The lowest BCUT2D eigenvalue weighted by Gasteiger charge is -2.16. The van der Waals surface area contributed by atoms with Gasteiger partial charge in [0.25, 0.3) is 0 Å². The van der Waals surface area contributed by atoms with E-state index in [0.717, 1.165) is 0 Å². The Morgan fingerprint density at radius 2 is 2.00 bits per heavy atom. The summed E-state index contributed by atoms with van der Waals surface area (Å²) in [6.45, 7) is 5.26. The van der Waals surface area contributed by atoms with Gasteiger partial charge in [-0.15, -0.1) is 0 Å². The van der Waals surface area contributed by atoms with Gasteiger partial charge in [0, 0.05) is 11.1 Å². The highest BCUT2D eigenvalue weighted by molar-refractivity contribution is 6.06. The number of aromatic nitrogens is 2. The Kier molecular flexibility index (Phi) is 5.23. The number of ether oxygens (including phenoxy) is 1. The Morgan fingerprint density at radius 1 is 1.31 bits per heavy atom. The van der Waals surface area contributed by atoms with E-state index in [1.165, 1.54) is 13.2 Å². The number of halogens is 1. The fourth-order valence-corrected chi connectivity index (χ4v) is 3.09. The van der Waals surface area contributed by atoms with Gasteiger partial charge in [0.2, 0.25) is 11.8 Å². The number of methoxy groups -OCH3 is 1. The molecule has 8 nitrogen and oxygen atoms in total. The van der Waals surface area contributed by atoms with E-state index in [1.807, 2.05) is 0 Å². The predicted octanol–water partition coefficient (Wildman–Crippen LogP) is 2.36. The first-order valence-electron chi connectivity index (χ1n) is 8.95. The van der Waals surface area contributed by atoms with Crippen molar-refractivity contribution in [2.75, 3.05) is 18.2 Å². The number of nitrogens with zero attached hydrogens (tertiary/aromatic N) is 3. The Bertz CT molecular complexity index is 1050. The fraction of sp³-hybridized carbons (Fsp3) is 0.300. The quantitative estimate of drug-likeness (QED) is 0.536. The summed E-state index contributed by atoms with van der Waals surface area (Å²) in [7, 11) is 1.44. The zero-order valence-electron chi connectivity index (χ0n) is 16.7. The molecule has 0 saturated heterocycles. The van der Waals surface area contributed by atoms with Crippen molar-refractivity contribution in [2.24, 2.45) is 10.7 Å². The number of carbonyl (C=O) groups excluding carboxylic acids is 1. The lowest BCUT2D eigenvalue weighted by molar-refractivity contribution is -0.119. The highest BCUT2D eigenvalue weighted by Gasteiger charge is 2.42. The minimum absolute atomic E-state index is 0.0812. The van der Waals surface area contributed by atoms with Crippen LogP contribution in [0.5, 0.6) is 0 Å². The molecule has 1 aromatic carbocycles. The smallest absolute Gasteiger partial charge is 0.235 e. The standard InChI is InChI=1S/C20H23FN6O2/c1-10(18(29-4)24-9-11-7-5-6-8-12(11)21)14(22)17-25-15(23)13-16(26-17)27-19(28)20(13,2)3/h5-8H,9,22H2,1-4H3,(H3,23,25,26,27,28). The van der Waals surface area contributed by atoms with Gasteiger partial charge in [0.1, 0.15) is 17.5 Å². The third-order valence-corrected chi connectivity index (χ3v) is 4.87. The molecule has 0 spiro atoms. The number of nitrogens with one attached hydrogen (secondary N) is 1. The van der Waals surface area contributed by atoms with E-state index in [0.29, 0.717) is 22.5 Å². The molecule has 0 aliphatic carbocycles. The topological polar surface area (TPSA) is 129 Å². The predicted molar refractivity (Wildman–Crippen MR) is 109 cm³/mol. The first-order chi connectivity index (χ1) is 13.7. The summed E-state index contributed by atoms with van der Waals surface area (Å²) >= 11 is 0. The lowest BCUT2D eigenvalue weighted by atomic mass is 9.87. The van der Waals surface area contributed by atoms with E-state index < -0.39 is 5.41 Å². The Labute approximate surface area is 167 Å². The van der Waals surface area contributed by atoms with Crippen LogP contribution in [0, 0.1) is 5.82 Å². The van der Waals surface area contributed by atoms with Gasteiger partial charge in [0.05, 0.1) is 30.3 Å². The number of aliphatic imine (C=N–C) groups is 1. The molecule has 0 radical (unpaired) electrons. The van der Waals surface area contributed by atoms with Crippen LogP contribution in [0.25, 0.3) is 5.70 Å². The van der Waals surface area contributed by atoms with E-state index in [4.69, 9.17) is 16.2 Å². The second-order valence-electron chi connectivity index (χ2n) is 7.19. The van der Waals surface area contributed by atoms with Crippen LogP contribution in [0.2, 0.25) is 0 Å².